The van der Waals surface area contributed by atoms with Gasteiger partial charge < -0.3 is 14.3 Å². The minimum atomic E-state index is -0.237. The van der Waals surface area contributed by atoms with Crippen molar-refractivity contribution < 1.29 is 8.81 Å². The van der Waals surface area contributed by atoms with E-state index in [0.29, 0.717) is 0 Å². The van der Waals surface area contributed by atoms with Crippen LogP contribution in [-0.2, 0) is 6.42 Å². The third-order valence-corrected chi connectivity index (χ3v) is 5.91. The first-order valence-electron chi connectivity index (χ1n) is 10.0. The summed E-state index contributed by atoms with van der Waals surface area (Å²) < 4.78 is 19.5. The van der Waals surface area contributed by atoms with Crippen LogP contribution < -0.4 is 0 Å². The van der Waals surface area contributed by atoms with Gasteiger partial charge in [-0.2, -0.15) is 0 Å². The van der Waals surface area contributed by atoms with Crippen LogP contribution in [0.4, 0.5) is 4.39 Å². The molecule has 0 amide bonds. The number of aromatic nitrogens is 2. The van der Waals surface area contributed by atoms with Crippen molar-refractivity contribution in [2.75, 3.05) is 19.6 Å². The Hall–Kier alpha value is -2.66. The van der Waals surface area contributed by atoms with Gasteiger partial charge in [-0.3, -0.25) is 0 Å². The number of fused-ring (bicyclic) bond motifs is 2. The van der Waals surface area contributed by atoms with Gasteiger partial charge in [-0.15, -0.1) is 0 Å². The number of nitrogens with one attached hydrogen (secondary N) is 1. The molecule has 1 saturated heterocycles. The lowest BCUT2D eigenvalue weighted by atomic mass is 9.99. The predicted octanol–water partition coefficient (Wildman–Crippen LogP) is 5.39. The number of piperidine rings is 1. The molecule has 0 spiro atoms. The van der Waals surface area contributed by atoms with E-state index in [4.69, 9.17) is 4.42 Å². The summed E-state index contributed by atoms with van der Waals surface area (Å²) in [6, 6.07) is 10.9. The molecule has 5 heteroatoms. The van der Waals surface area contributed by atoms with Crippen molar-refractivity contribution in [1.29, 1.82) is 0 Å². The summed E-state index contributed by atoms with van der Waals surface area (Å²) in [4.78, 5) is 10.3. The normalized spacial score (nSPS) is 16.4. The summed E-state index contributed by atoms with van der Waals surface area (Å²) in [7, 11) is 0. The molecule has 1 aliphatic rings. The number of likely N-dealkylation sites (tertiary alicyclic amines) is 1. The molecule has 0 aliphatic carbocycles. The van der Waals surface area contributed by atoms with Gasteiger partial charge in [0.2, 0.25) is 0 Å². The van der Waals surface area contributed by atoms with E-state index in [9.17, 15) is 4.39 Å². The van der Waals surface area contributed by atoms with E-state index in [1.165, 1.54) is 38.1 Å². The minimum Gasteiger partial charge on any atom is -0.441 e. The topological polar surface area (TPSA) is 45.1 Å². The van der Waals surface area contributed by atoms with Gasteiger partial charge in [-0.05, 0) is 67.7 Å². The van der Waals surface area contributed by atoms with Crippen molar-refractivity contribution in [1.82, 2.24) is 14.9 Å². The molecular formula is C23H24FN3O. The van der Waals surface area contributed by atoms with Gasteiger partial charge >= 0.3 is 0 Å². The molecule has 2 aromatic carbocycles. The Bertz CT molecular complexity index is 1120. The number of oxazole rings is 1. The van der Waals surface area contributed by atoms with Crippen LogP contribution >= 0.6 is 0 Å². The highest BCUT2D eigenvalue weighted by atomic mass is 19.1. The number of H-pyrrole nitrogens is 1. The molecule has 0 bridgehead atoms. The average Bonchev–Trinajstić information content (AvgIpc) is 3.30. The van der Waals surface area contributed by atoms with Crippen LogP contribution in [0.15, 0.2) is 47.0 Å². The lowest BCUT2D eigenvalue weighted by Crippen LogP contribution is -2.34. The Morgan fingerprint density at radius 2 is 2.04 bits per heavy atom. The third kappa shape index (κ3) is 3.31. The number of benzene rings is 2. The van der Waals surface area contributed by atoms with Crippen LogP contribution in [-0.4, -0.2) is 34.5 Å². The fourth-order valence-corrected chi connectivity index (χ4v) is 4.12. The number of nitrogens with zero attached hydrogens (tertiary/aromatic N) is 2. The second kappa shape index (κ2) is 7.06. The van der Waals surface area contributed by atoms with Gasteiger partial charge in [0, 0.05) is 35.6 Å². The van der Waals surface area contributed by atoms with Crippen molar-refractivity contribution >= 4 is 22.0 Å². The molecule has 0 atom stereocenters. The number of halogens is 1. The zero-order valence-electron chi connectivity index (χ0n) is 16.0. The summed E-state index contributed by atoms with van der Waals surface area (Å²) in [5.74, 6) is 1.41. The molecular weight excluding hydrogens is 353 g/mol. The SMILES string of the molecule is CC1CCN(CCc2nc3ccc(-c4c[nH]c5cc(F)ccc45)cc3o2)CC1. The second-order valence-corrected chi connectivity index (χ2v) is 7.96. The Labute approximate surface area is 163 Å². The van der Waals surface area contributed by atoms with Gasteiger partial charge in [0.15, 0.2) is 11.5 Å². The van der Waals surface area contributed by atoms with Crippen LogP contribution in [0, 0.1) is 11.7 Å². The Morgan fingerprint density at radius 3 is 2.89 bits per heavy atom. The molecule has 0 saturated carbocycles. The van der Waals surface area contributed by atoms with Gasteiger partial charge in [-0.1, -0.05) is 13.0 Å². The van der Waals surface area contributed by atoms with Gasteiger partial charge in [-0.25, -0.2) is 9.37 Å². The smallest absolute Gasteiger partial charge is 0.196 e. The van der Waals surface area contributed by atoms with Crippen molar-refractivity contribution in [3.63, 3.8) is 0 Å². The largest absolute Gasteiger partial charge is 0.441 e. The van der Waals surface area contributed by atoms with Crippen LogP contribution in [0.3, 0.4) is 0 Å². The van der Waals surface area contributed by atoms with E-state index in [1.807, 2.05) is 30.5 Å². The maximum atomic E-state index is 13.4. The van der Waals surface area contributed by atoms with Crippen LogP contribution in [0.1, 0.15) is 25.7 Å². The maximum absolute atomic E-state index is 13.4. The number of hydrogen-bond donors (Lipinski definition) is 1. The molecule has 0 unspecified atom stereocenters. The summed E-state index contributed by atoms with van der Waals surface area (Å²) in [5.41, 5.74) is 4.56. The highest BCUT2D eigenvalue weighted by Crippen LogP contribution is 2.31. The minimum absolute atomic E-state index is 0.237. The number of rotatable bonds is 4. The third-order valence-electron chi connectivity index (χ3n) is 5.91. The van der Waals surface area contributed by atoms with Crippen LogP contribution in [0.25, 0.3) is 33.1 Å². The van der Waals surface area contributed by atoms with E-state index < -0.39 is 0 Å². The van der Waals surface area contributed by atoms with Gasteiger partial charge in [0.1, 0.15) is 11.3 Å². The highest BCUT2D eigenvalue weighted by molar-refractivity contribution is 5.97. The van der Waals surface area contributed by atoms with Crippen LogP contribution in [0.5, 0.6) is 0 Å². The Morgan fingerprint density at radius 1 is 1.18 bits per heavy atom. The lowest BCUT2D eigenvalue weighted by Gasteiger charge is -2.29. The Balaban J connectivity index is 1.37. The summed E-state index contributed by atoms with van der Waals surface area (Å²) in [6.45, 7) is 5.68. The summed E-state index contributed by atoms with van der Waals surface area (Å²) in [6.07, 6.45) is 5.32. The van der Waals surface area contributed by atoms with Gasteiger partial charge in [0.05, 0.1) is 0 Å². The molecule has 28 heavy (non-hydrogen) atoms. The first-order valence-corrected chi connectivity index (χ1v) is 10.0. The monoisotopic (exact) mass is 377 g/mol. The molecule has 1 fully saturated rings. The van der Waals surface area contributed by atoms with E-state index in [0.717, 1.165) is 57.9 Å². The molecule has 0 radical (unpaired) electrons. The number of aromatic amines is 1. The van der Waals surface area contributed by atoms with Crippen molar-refractivity contribution in [2.24, 2.45) is 5.92 Å². The molecule has 4 nitrogen and oxygen atoms in total. The molecule has 5 rings (SSSR count). The molecule has 4 aromatic rings. The van der Waals surface area contributed by atoms with E-state index >= 15 is 0 Å². The summed E-state index contributed by atoms with van der Waals surface area (Å²) in [5, 5.41) is 1.000. The fraction of sp³-hybridized carbons (Fsp3) is 0.348. The van der Waals surface area contributed by atoms with Crippen molar-refractivity contribution in [3.8, 4) is 11.1 Å². The highest BCUT2D eigenvalue weighted by Gasteiger charge is 2.16. The molecule has 2 aromatic heterocycles. The zero-order valence-corrected chi connectivity index (χ0v) is 16.0. The fourth-order valence-electron chi connectivity index (χ4n) is 4.12. The first-order chi connectivity index (χ1) is 13.7. The Kier molecular flexibility index (Phi) is 4.40. The lowest BCUT2D eigenvalue weighted by molar-refractivity contribution is 0.191. The van der Waals surface area contributed by atoms with Gasteiger partial charge in [0.25, 0.3) is 0 Å². The zero-order chi connectivity index (χ0) is 19.1. The molecule has 1 N–H and O–H groups in total. The standard InChI is InChI=1S/C23H24FN3O/c1-15-6-9-27(10-7-15)11-8-23-26-20-5-2-16(12-22(20)28-23)19-14-25-21-13-17(24)3-4-18(19)21/h2-5,12-15,25H,6-11H2,1H3. The van der Waals surface area contributed by atoms with E-state index in [1.54, 1.807) is 0 Å². The van der Waals surface area contributed by atoms with Crippen molar-refractivity contribution in [2.45, 2.75) is 26.2 Å². The predicted molar refractivity (Wildman–Crippen MR) is 110 cm³/mol. The maximum Gasteiger partial charge on any atom is 0.196 e. The van der Waals surface area contributed by atoms with Crippen LogP contribution in [0.2, 0.25) is 0 Å². The van der Waals surface area contributed by atoms with E-state index in [-0.39, 0.29) is 5.82 Å². The van der Waals surface area contributed by atoms with E-state index in [2.05, 4.69) is 21.8 Å². The average molecular weight is 377 g/mol. The van der Waals surface area contributed by atoms with Crippen molar-refractivity contribution in [3.05, 3.63) is 54.3 Å². The molecule has 3 heterocycles. The molecule has 1 aliphatic heterocycles. The second-order valence-electron chi connectivity index (χ2n) is 7.96. The quantitative estimate of drug-likeness (QED) is 0.519. The number of hydrogen-bond acceptors (Lipinski definition) is 3. The molecule has 144 valence electrons. The first kappa shape index (κ1) is 17.4. The summed E-state index contributed by atoms with van der Waals surface area (Å²) >= 11 is 0.